The molecule has 0 spiro atoms. The molecule has 1 aromatic heterocycles. The minimum Gasteiger partial charge on any atom is -0.379 e. The van der Waals surface area contributed by atoms with Crippen molar-refractivity contribution in [2.75, 3.05) is 31.6 Å². The summed E-state index contributed by atoms with van der Waals surface area (Å²) in [4.78, 5) is 11.5. The Kier molecular flexibility index (Phi) is 4.37. The smallest absolute Gasteiger partial charge is 0.137 e. The van der Waals surface area contributed by atoms with Gasteiger partial charge >= 0.3 is 0 Å². The van der Waals surface area contributed by atoms with Crippen molar-refractivity contribution in [1.29, 1.82) is 0 Å². The highest BCUT2D eigenvalue weighted by molar-refractivity contribution is 5.89. The molecule has 0 amide bonds. The van der Waals surface area contributed by atoms with E-state index in [4.69, 9.17) is 4.74 Å². The van der Waals surface area contributed by atoms with Gasteiger partial charge in [0.25, 0.3) is 0 Å². The molecule has 4 rings (SSSR count). The van der Waals surface area contributed by atoms with Crippen LogP contribution in [0.1, 0.15) is 38.2 Å². The maximum atomic E-state index is 5.45. The van der Waals surface area contributed by atoms with E-state index in [1.165, 1.54) is 18.4 Å². The number of anilines is 1. The summed E-state index contributed by atoms with van der Waals surface area (Å²) in [6.45, 7) is 8.34. The molecular formula is C19H26N4O. The molecule has 5 heteroatoms. The number of aromatic nitrogens is 2. The normalized spacial score (nSPS) is 25.0. The molecule has 1 saturated heterocycles. The van der Waals surface area contributed by atoms with Gasteiger partial charge in [-0.2, -0.15) is 0 Å². The molecule has 5 nitrogen and oxygen atoms in total. The topological polar surface area (TPSA) is 50.3 Å². The predicted octanol–water partition coefficient (Wildman–Crippen LogP) is 3.03. The van der Waals surface area contributed by atoms with Crippen LogP contribution in [0.3, 0.4) is 0 Å². The van der Waals surface area contributed by atoms with Gasteiger partial charge < -0.3 is 10.1 Å². The lowest BCUT2D eigenvalue weighted by Gasteiger charge is -2.44. The fourth-order valence-corrected chi connectivity index (χ4v) is 3.69. The van der Waals surface area contributed by atoms with Crippen molar-refractivity contribution >= 4 is 16.7 Å². The molecular weight excluding hydrogens is 300 g/mol. The molecule has 2 aliphatic rings. The molecule has 2 aromatic rings. The van der Waals surface area contributed by atoms with E-state index >= 15 is 0 Å². The Bertz CT molecular complexity index is 706. The van der Waals surface area contributed by atoms with Crippen LogP contribution in [0, 0.1) is 0 Å². The second-order valence-electron chi connectivity index (χ2n) is 7.27. The summed E-state index contributed by atoms with van der Waals surface area (Å²) in [5.74, 6) is 1.49. The van der Waals surface area contributed by atoms with Crippen LogP contribution < -0.4 is 5.32 Å². The summed E-state index contributed by atoms with van der Waals surface area (Å²) < 4.78 is 5.45. The summed E-state index contributed by atoms with van der Waals surface area (Å²) >= 11 is 0. The number of ether oxygens (including phenoxy) is 1. The first-order valence-corrected chi connectivity index (χ1v) is 9.03. The van der Waals surface area contributed by atoms with Crippen molar-refractivity contribution in [2.45, 2.75) is 44.7 Å². The van der Waals surface area contributed by atoms with Gasteiger partial charge in [-0.05, 0) is 36.5 Å². The largest absolute Gasteiger partial charge is 0.379 e. The van der Waals surface area contributed by atoms with E-state index in [0.717, 1.165) is 43.0 Å². The molecule has 1 aromatic carbocycles. The number of morpholine rings is 1. The Labute approximate surface area is 143 Å². The summed E-state index contributed by atoms with van der Waals surface area (Å²) in [5.41, 5.74) is 2.35. The third-order valence-corrected chi connectivity index (χ3v) is 5.34. The lowest BCUT2D eigenvalue weighted by atomic mass is 9.85. The van der Waals surface area contributed by atoms with Crippen LogP contribution in [-0.4, -0.2) is 53.3 Å². The van der Waals surface area contributed by atoms with E-state index in [-0.39, 0.29) is 0 Å². The minimum atomic E-state index is 0.511. The Morgan fingerprint density at radius 1 is 1.17 bits per heavy atom. The summed E-state index contributed by atoms with van der Waals surface area (Å²) in [5, 5.41) is 4.79. The highest BCUT2D eigenvalue weighted by Crippen LogP contribution is 2.31. The van der Waals surface area contributed by atoms with E-state index in [0.29, 0.717) is 18.0 Å². The molecule has 128 valence electrons. The molecule has 2 heterocycles. The molecule has 1 saturated carbocycles. The van der Waals surface area contributed by atoms with E-state index in [1.807, 2.05) is 0 Å². The Morgan fingerprint density at radius 3 is 2.71 bits per heavy atom. The molecule has 1 aliphatic heterocycles. The van der Waals surface area contributed by atoms with Gasteiger partial charge in [0.15, 0.2) is 0 Å². The predicted molar refractivity (Wildman–Crippen MR) is 96.5 cm³/mol. The number of fused-ring (bicyclic) bond motifs is 1. The standard InChI is InChI=1S/C19H26N4O/c1-13(2)14-3-4-18-17(9-14)19(21-12-20-18)22-15-10-16(11-15)23-5-7-24-8-6-23/h3-4,9,12-13,15-16H,5-8,10-11H2,1-2H3,(H,20,21,22). The molecule has 0 atom stereocenters. The average Bonchev–Trinajstić information content (AvgIpc) is 2.58. The van der Waals surface area contributed by atoms with Crippen molar-refractivity contribution in [3.63, 3.8) is 0 Å². The highest BCUT2D eigenvalue weighted by Gasteiger charge is 2.34. The average molecular weight is 326 g/mol. The first-order chi connectivity index (χ1) is 11.7. The van der Waals surface area contributed by atoms with Crippen LogP contribution in [0.15, 0.2) is 24.5 Å². The van der Waals surface area contributed by atoms with Crippen LogP contribution in [0.5, 0.6) is 0 Å². The number of rotatable bonds is 4. The van der Waals surface area contributed by atoms with Gasteiger partial charge in [0.1, 0.15) is 12.1 Å². The summed E-state index contributed by atoms with van der Waals surface area (Å²) in [6.07, 6.45) is 4.04. The van der Waals surface area contributed by atoms with Crippen molar-refractivity contribution in [1.82, 2.24) is 14.9 Å². The zero-order chi connectivity index (χ0) is 16.5. The summed E-state index contributed by atoms with van der Waals surface area (Å²) in [6, 6.07) is 7.72. The van der Waals surface area contributed by atoms with E-state index in [9.17, 15) is 0 Å². The van der Waals surface area contributed by atoms with Gasteiger partial charge in [-0.3, -0.25) is 4.90 Å². The van der Waals surface area contributed by atoms with Gasteiger partial charge in [-0.1, -0.05) is 19.9 Å². The number of nitrogens with zero attached hydrogens (tertiary/aromatic N) is 3. The van der Waals surface area contributed by atoms with Crippen molar-refractivity contribution in [3.05, 3.63) is 30.1 Å². The first-order valence-electron chi connectivity index (χ1n) is 9.03. The minimum absolute atomic E-state index is 0.511. The SMILES string of the molecule is CC(C)c1ccc2ncnc(NC3CC(N4CCOCC4)C3)c2c1. The second-order valence-corrected chi connectivity index (χ2v) is 7.27. The van der Waals surface area contributed by atoms with Gasteiger partial charge in [0.05, 0.1) is 18.7 Å². The zero-order valence-corrected chi connectivity index (χ0v) is 14.5. The number of nitrogens with one attached hydrogen (secondary N) is 1. The molecule has 0 unspecified atom stereocenters. The van der Waals surface area contributed by atoms with E-state index in [2.05, 4.69) is 52.2 Å². The Hall–Kier alpha value is -1.72. The second kappa shape index (κ2) is 6.65. The number of hydrogen-bond acceptors (Lipinski definition) is 5. The fraction of sp³-hybridized carbons (Fsp3) is 0.579. The number of benzene rings is 1. The van der Waals surface area contributed by atoms with Crippen LogP contribution in [-0.2, 0) is 4.74 Å². The molecule has 0 radical (unpaired) electrons. The first kappa shape index (κ1) is 15.8. The third kappa shape index (κ3) is 3.10. The lowest BCUT2D eigenvalue weighted by molar-refractivity contribution is -0.00438. The Morgan fingerprint density at radius 2 is 1.96 bits per heavy atom. The molecule has 2 fully saturated rings. The quantitative estimate of drug-likeness (QED) is 0.936. The molecule has 0 bridgehead atoms. The van der Waals surface area contributed by atoms with Crippen LogP contribution in [0.2, 0.25) is 0 Å². The maximum Gasteiger partial charge on any atom is 0.137 e. The van der Waals surface area contributed by atoms with E-state index < -0.39 is 0 Å². The van der Waals surface area contributed by atoms with Crippen molar-refractivity contribution in [3.8, 4) is 0 Å². The monoisotopic (exact) mass is 326 g/mol. The van der Waals surface area contributed by atoms with Crippen LogP contribution >= 0.6 is 0 Å². The highest BCUT2D eigenvalue weighted by atomic mass is 16.5. The summed E-state index contributed by atoms with van der Waals surface area (Å²) in [7, 11) is 0. The van der Waals surface area contributed by atoms with E-state index in [1.54, 1.807) is 6.33 Å². The number of hydrogen-bond donors (Lipinski definition) is 1. The lowest BCUT2D eigenvalue weighted by Crippen LogP contribution is -2.53. The van der Waals surface area contributed by atoms with Gasteiger partial charge in [-0.15, -0.1) is 0 Å². The van der Waals surface area contributed by atoms with Crippen molar-refractivity contribution < 1.29 is 4.74 Å². The van der Waals surface area contributed by atoms with Gasteiger partial charge in [0.2, 0.25) is 0 Å². The van der Waals surface area contributed by atoms with Gasteiger partial charge in [-0.25, -0.2) is 9.97 Å². The Balaban J connectivity index is 1.46. The maximum absolute atomic E-state index is 5.45. The fourth-order valence-electron chi connectivity index (χ4n) is 3.69. The van der Waals surface area contributed by atoms with Crippen molar-refractivity contribution in [2.24, 2.45) is 0 Å². The molecule has 1 N–H and O–H groups in total. The van der Waals surface area contributed by atoms with Crippen LogP contribution in [0.4, 0.5) is 5.82 Å². The third-order valence-electron chi connectivity index (χ3n) is 5.34. The van der Waals surface area contributed by atoms with Gasteiger partial charge in [0, 0.05) is 30.6 Å². The van der Waals surface area contributed by atoms with Crippen LogP contribution in [0.25, 0.3) is 10.9 Å². The zero-order valence-electron chi connectivity index (χ0n) is 14.5. The molecule has 1 aliphatic carbocycles. The molecule has 24 heavy (non-hydrogen) atoms.